The normalized spacial score (nSPS) is 10.3. The van der Waals surface area contributed by atoms with E-state index in [0.29, 0.717) is 28.2 Å². The average Bonchev–Trinajstić information content (AvgIpc) is 2.61. The van der Waals surface area contributed by atoms with Crippen LogP contribution in [-0.4, -0.2) is 15.9 Å². The predicted octanol–water partition coefficient (Wildman–Crippen LogP) is 4.61. The van der Waals surface area contributed by atoms with Gasteiger partial charge in [-0.1, -0.05) is 35.3 Å². The Morgan fingerprint density at radius 3 is 2.64 bits per heavy atom. The lowest BCUT2D eigenvalue weighted by Crippen LogP contribution is -2.15. The summed E-state index contributed by atoms with van der Waals surface area (Å²) in [5, 5.41) is 3.74. The molecule has 0 aliphatic rings. The zero-order valence-corrected chi connectivity index (χ0v) is 14.5. The van der Waals surface area contributed by atoms with Crippen LogP contribution in [0.25, 0.3) is 0 Å². The van der Waals surface area contributed by atoms with Crippen LogP contribution in [0.1, 0.15) is 16.1 Å². The van der Waals surface area contributed by atoms with E-state index in [1.54, 1.807) is 30.5 Å². The summed E-state index contributed by atoms with van der Waals surface area (Å²) >= 11 is 11.8. The molecule has 1 amide bonds. The highest BCUT2D eigenvalue weighted by atomic mass is 35.5. The lowest BCUT2D eigenvalue weighted by atomic mass is 10.2. The number of carbonyl (C=O) groups excluding carboxylic acids is 1. The van der Waals surface area contributed by atoms with Crippen LogP contribution in [0.3, 0.4) is 0 Å². The van der Waals surface area contributed by atoms with Gasteiger partial charge in [0.2, 0.25) is 0 Å². The fourth-order valence-corrected chi connectivity index (χ4v) is 2.46. The van der Waals surface area contributed by atoms with Crippen molar-refractivity contribution in [2.75, 3.05) is 5.32 Å². The molecule has 0 unspecified atom stereocenters. The summed E-state index contributed by atoms with van der Waals surface area (Å²) in [5.74, 6) is 0.322. The third-order valence-corrected chi connectivity index (χ3v) is 3.71. The van der Waals surface area contributed by atoms with Gasteiger partial charge in [0.1, 0.15) is 12.3 Å². The van der Waals surface area contributed by atoms with Crippen molar-refractivity contribution in [1.29, 1.82) is 0 Å². The van der Waals surface area contributed by atoms with Gasteiger partial charge in [0.15, 0.2) is 11.6 Å². The minimum atomic E-state index is -0.422. The third kappa shape index (κ3) is 4.68. The molecule has 0 fully saturated rings. The number of nitrogens with zero attached hydrogens (tertiary/aromatic N) is 2. The van der Waals surface area contributed by atoms with E-state index in [9.17, 15) is 4.79 Å². The van der Waals surface area contributed by atoms with Gasteiger partial charge in [-0.15, -0.1) is 0 Å². The largest absolute Gasteiger partial charge is 0.485 e. The van der Waals surface area contributed by atoms with Crippen LogP contribution in [0.2, 0.25) is 10.0 Å². The summed E-state index contributed by atoms with van der Waals surface area (Å²) in [6, 6.07) is 13.9. The fraction of sp³-hybridized carbons (Fsp3) is 0.0556. The lowest BCUT2D eigenvalue weighted by molar-refractivity contribution is 0.102. The van der Waals surface area contributed by atoms with E-state index >= 15 is 0 Å². The number of halogens is 2. The van der Waals surface area contributed by atoms with E-state index in [1.807, 2.05) is 18.2 Å². The Morgan fingerprint density at radius 1 is 1.00 bits per heavy atom. The lowest BCUT2D eigenvalue weighted by Gasteiger charge is -2.11. The molecule has 7 heteroatoms. The summed E-state index contributed by atoms with van der Waals surface area (Å²) in [4.78, 5) is 20.4. The number of benzene rings is 1. The molecule has 0 saturated heterocycles. The Balaban J connectivity index is 1.73. The Morgan fingerprint density at radius 2 is 1.84 bits per heavy atom. The smallest absolute Gasteiger partial charge is 0.275 e. The van der Waals surface area contributed by atoms with Crippen molar-refractivity contribution in [3.63, 3.8) is 0 Å². The summed E-state index contributed by atoms with van der Waals surface area (Å²) in [6.45, 7) is 0.296. The molecule has 3 aromatic rings. The molecule has 25 heavy (non-hydrogen) atoms. The van der Waals surface area contributed by atoms with Crippen molar-refractivity contribution in [3.8, 4) is 5.75 Å². The highest BCUT2D eigenvalue weighted by Crippen LogP contribution is 2.23. The summed E-state index contributed by atoms with van der Waals surface area (Å²) in [7, 11) is 0. The van der Waals surface area contributed by atoms with E-state index in [-0.39, 0.29) is 5.69 Å². The Hall–Kier alpha value is -2.63. The molecule has 0 atom stereocenters. The van der Waals surface area contributed by atoms with Crippen LogP contribution in [0.5, 0.6) is 5.75 Å². The fourth-order valence-electron chi connectivity index (χ4n) is 2.09. The van der Waals surface area contributed by atoms with E-state index < -0.39 is 5.91 Å². The molecule has 0 saturated carbocycles. The second kappa shape index (κ2) is 7.96. The van der Waals surface area contributed by atoms with Crippen LogP contribution in [0.4, 0.5) is 5.82 Å². The van der Waals surface area contributed by atoms with Crippen molar-refractivity contribution in [2.24, 2.45) is 0 Å². The molecule has 0 aliphatic heterocycles. The topological polar surface area (TPSA) is 64.1 Å². The van der Waals surface area contributed by atoms with E-state index in [2.05, 4.69) is 15.3 Å². The van der Waals surface area contributed by atoms with Gasteiger partial charge >= 0.3 is 0 Å². The number of hydrogen-bond acceptors (Lipinski definition) is 4. The molecule has 3 rings (SSSR count). The van der Waals surface area contributed by atoms with Crippen molar-refractivity contribution < 1.29 is 9.53 Å². The van der Waals surface area contributed by atoms with Gasteiger partial charge in [0.25, 0.3) is 5.91 Å². The quantitative estimate of drug-likeness (QED) is 0.708. The molecule has 0 spiro atoms. The Kier molecular flexibility index (Phi) is 5.48. The van der Waals surface area contributed by atoms with E-state index in [0.717, 1.165) is 5.56 Å². The number of pyridine rings is 2. The van der Waals surface area contributed by atoms with Gasteiger partial charge in [-0.3, -0.25) is 9.78 Å². The van der Waals surface area contributed by atoms with Crippen LogP contribution >= 0.6 is 23.2 Å². The minimum absolute atomic E-state index is 0.193. The van der Waals surface area contributed by atoms with E-state index in [4.69, 9.17) is 27.9 Å². The van der Waals surface area contributed by atoms with Gasteiger partial charge in [-0.2, -0.15) is 0 Å². The predicted molar refractivity (Wildman–Crippen MR) is 97.2 cm³/mol. The standard InChI is InChI=1S/C18H13Cl2N3O2/c19-13-4-1-3-12(9-13)11-25-16-5-2-7-22-17(16)23-18(24)15-10-14(20)6-8-21-15/h1-10H,11H2,(H,22,23,24). The first-order valence-electron chi connectivity index (χ1n) is 7.37. The molecular formula is C18H13Cl2N3O2. The van der Waals surface area contributed by atoms with Crippen molar-refractivity contribution in [1.82, 2.24) is 9.97 Å². The maximum atomic E-state index is 12.3. The van der Waals surface area contributed by atoms with Crippen molar-refractivity contribution >= 4 is 34.9 Å². The van der Waals surface area contributed by atoms with Crippen LogP contribution in [-0.2, 0) is 6.61 Å². The molecular weight excluding hydrogens is 361 g/mol. The zero-order valence-electron chi connectivity index (χ0n) is 12.9. The summed E-state index contributed by atoms with van der Waals surface area (Å²) < 4.78 is 5.76. The Bertz CT molecular complexity index is 903. The SMILES string of the molecule is O=C(Nc1ncccc1OCc1cccc(Cl)c1)c1cc(Cl)ccn1. The molecule has 2 heterocycles. The highest BCUT2D eigenvalue weighted by molar-refractivity contribution is 6.31. The van der Waals surface area contributed by atoms with Crippen molar-refractivity contribution in [2.45, 2.75) is 6.61 Å². The van der Waals surface area contributed by atoms with Gasteiger partial charge in [0, 0.05) is 22.4 Å². The molecule has 0 bridgehead atoms. The third-order valence-electron chi connectivity index (χ3n) is 3.24. The molecule has 5 nitrogen and oxygen atoms in total. The molecule has 2 aromatic heterocycles. The number of carbonyl (C=O) groups is 1. The molecule has 0 aliphatic carbocycles. The minimum Gasteiger partial charge on any atom is -0.485 e. The molecule has 1 N–H and O–H groups in total. The molecule has 0 radical (unpaired) electrons. The second-order valence-corrected chi connectivity index (χ2v) is 5.96. The number of ether oxygens (including phenoxy) is 1. The van der Waals surface area contributed by atoms with E-state index in [1.165, 1.54) is 12.3 Å². The van der Waals surface area contributed by atoms with Crippen molar-refractivity contribution in [3.05, 3.63) is 82.2 Å². The first-order valence-corrected chi connectivity index (χ1v) is 8.12. The number of anilines is 1. The van der Waals surface area contributed by atoms with Gasteiger partial charge in [-0.05, 0) is 42.0 Å². The molecule has 1 aromatic carbocycles. The maximum absolute atomic E-state index is 12.3. The number of amides is 1. The number of rotatable bonds is 5. The van der Waals surface area contributed by atoms with Crippen LogP contribution in [0.15, 0.2) is 60.9 Å². The van der Waals surface area contributed by atoms with Crippen LogP contribution < -0.4 is 10.1 Å². The average molecular weight is 374 g/mol. The van der Waals surface area contributed by atoms with Gasteiger partial charge < -0.3 is 10.1 Å². The molecule has 126 valence electrons. The summed E-state index contributed by atoms with van der Waals surface area (Å²) in [5.41, 5.74) is 1.10. The van der Waals surface area contributed by atoms with Gasteiger partial charge in [-0.25, -0.2) is 4.98 Å². The first kappa shape index (κ1) is 17.2. The van der Waals surface area contributed by atoms with Gasteiger partial charge in [0.05, 0.1) is 0 Å². The summed E-state index contributed by atoms with van der Waals surface area (Å²) in [6.07, 6.45) is 3.03. The maximum Gasteiger partial charge on any atom is 0.275 e. The van der Waals surface area contributed by atoms with Crippen LogP contribution in [0, 0.1) is 0 Å². The second-order valence-electron chi connectivity index (χ2n) is 5.08. The first-order chi connectivity index (χ1) is 12.1. The number of aromatic nitrogens is 2. The number of nitrogens with one attached hydrogen (secondary N) is 1. The monoisotopic (exact) mass is 373 g/mol. The zero-order chi connectivity index (χ0) is 17.6. The highest BCUT2D eigenvalue weighted by Gasteiger charge is 2.12. The Labute approximate surface area is 154 Å². The number of hydrogen-bond donors (Lipinski definition) is 1.